The summed E-state index contributed by atoms with van der Waals surface area (Å²) in [4.78, 5) is 26.0. The van der Waals surface area contributed by atoms with E-state index >= 15 is 0 Å². The van der Waals surface area contributed by atoms with E-state index in [9.17, 15) is 9.59 Å². The van der Waals surface area contributed by atoms with Crippen LogP contribution in [0.4, 0.5) is 0 Å². The zero-order valence-electron chi connectivity index (χ0n) is 11.6. The molecule has 0 bridgehead atoms. The second-order valence-corrected chi connectivity index (χ2v) is 5.27. The van der Waals surface area contributed by atoms with Crippen molar-refractivity contribution in [2.24, 2.45) is 0 Å². The number of hydrogen-bond acceptors (Lipinski definition) is 2. The Bertz CT molecular complexity index is 490. The first-order chi connectivity index (χ1) is 8.34. The molecule has 0 aliphatic carbocycles. The van der Waals surface area contributed by atoms with Gasteiger partial charge in [-0.2, -0.15) is 0 Å². The average molecular weight is 245 g/mol. The van der Waals surface area contributed by atoms with Gasteiger partial charge in [0, 0.05) is 7.05 Å². The number of carbonyl (C=O) groups is 2. The van der Waals surface area contributed by atoms with E-state index < -0.39 is 5.92 Å². The molecule has 2 unspecified atom stereocenters. The summed E-state index contributed by atoms with van der Waals surface area (Å²) in [6.45, 7) is 7.76. The van der Waals surface area contributed by atoms with Crippen LogP contribution < -0.4 is 0 Å². The van der Waals surface area contributed by atoms with Crippen LogP contribution in [-0.4, -0.2) is 29.7 Å². The molecule has 1 aliphatic heterocycles. The molecule has 1 aromatic carbocycles. The van der Waals surface area contributed by atoms with Gasteiger partial charge in [-0.3, -0.25) is 9.59 Å². The van der Waals surface area contributed by atoms with Crippen LogP contribution in [0.3, 0.4) is 0 Å². The van der Waals surface area contributed by atoms with Crippen molar-refractivity contribution in [3.8, 4) is 0 Å². The predicted octanol–water partition coefficient (Wildman–Crippen LogP) is 2.13. The number of carbonyl (C=O) groups excluding carboxylic acids is 2. The Kier molecular flexibility index (Phi) is 3.01. The van der Waals surface area contributed by atoms with Gasteiger partial charge in [-0.15, -0.1) is 0 Å². The molecule has 0 spiro atoms. The number of likely N-dealkylation sites (N-methyl/N-ethyl adjacent to an activating group) is 1. The SMILES string of the molecule is Cc1cc(C)c(C2C(=O)C(C)N(C)C2=O)c(C)c1. The molecule has 1 fully saturated rings. The molecule has 0 radical (unpaired) electrons. The molecule has 2 rings (SSSR count). The fraction of sp³-hybridized carbons (Fsp3) is 0.467. The van der Waals surface area contributed by atoms with E-state index in [1.807, 2.05) is 32.9 Å². The van der Waals surface area contributed by atoms with E-state index in [1.54, 1.807) is 18.9 Å². The maximum absolute atomic E-state index is 12.3. The normalized spacial score (nSPS) is 23.9. The molecular weight excluding hydrogens is 226 g/mol. The van der Waals surface area contributed by atoms with Crippen LogP contribution in [0.5, 0.6) is 0 Å². The standard InChI is InChI=1S/C15H19NO2/c1-8-6-9(2)12(10(3)7-8)13-14(17)11(4)16(5)15(13)18/h6-7,11,13H,1-5H3. The van der Waals surface area contributed by atoms with Crippen LogP contribution in [0.1, 0.15) is 35.1 Å². The van der Waals surface area contributed by atoms with E-state index in [0.717, 1.165) is 22.3 Å². The molecule has 3 nitrogen and oxygen atoms in total. The second kappa shape index (κ2) is 4.23. The largest absolute Gasteiger partial charge is 0.335 e. The van der Waals surface area contributed by atoms with Crippen molar-refractivity contribution in [1.29, 1.82) is 0 Å². The first-order valence-corrected chi connectivity index (χ1v) is 6.22. The predicted molar refractivity (Wildman–Crippen MR) is 70.6 cm³/mol. The summed E-state index contributed by atoms with van der Waals surface area (Å²) in [7, 11) is 1.70. The average Bonchev–Trinajstić information content (AvgIpc) is 2.45. The molecule has 18 heavy (non-hydrogen) atoms. The number of likely N-dealkylation sites (tertiary alicyclic amines) is 1. The molecular formula is C15H19NO2. The fourth-order valence-electron chi connectivity index (χ4n) is 2.86. The lowest BCUT2D eigenvalue weighted by Crippen LogP contribution is -2.28. The minimum Gasteiger partial charge on any atom is -0.335 e. The summed E-state index contributed by atoms with van der Waals surface area (Å²) in [5.74, 6) is -0.675. The first kappa shape index (κ1) is 12.8. The van der Waals surface area contributed by atoms with E-state index in [0.29, 0.717) is 0 Å². The lowest BCUT2D eigenvalue weighted by Gasteiger charge is -2.15. The summed E-state index contributed by atoms with van der Waals surface area (Å²) in [5.41, 5.74) is 4.11. The first-order valence-electron chi connectivity index (χ1n) is 6.22. The molecule has 0 N–H and O–H groups in total. The fourth-order valence-corrected chi connectivity index (χ4v) is 2.86. The number of hydrogen-bond donors (Lipinski definition) is 0. The zero-order chi connectivity index (χ0) is 13.6. The molecule has 1 heterocycles. The minimum absolute atomic E-state index is 0.0116. The van der Waals surface area contributed by atoms with E-state index in [1.165, 1.54) is 0 Å². The third-order valence-corrected chi connectivity index (χ3v) is 3.90. The van der Waals surface area contributed by atoms with E-state index in [4.69, 9.17) is 0 Å². The number of amides is 1. The Balaban J connectivity index is 2.57. The van der Waals surface area contributed by atoms with Crippen molar-refractivity contribution >= 4 is 11.7 Å². The maximum atomic E-state index is 12.3. The van der Waals surface area contributed by atoms with E-state index in [2.05, 4.69) is 0 Å². The lowest BCUT2D eigenvalue weighted by atomic mass is 9.87. The van der Waals surface area contributed by atoms with Gasteiger partial charge in [0.2, 0.25) is 5.91 Å². The quantitative estimate of drug-likeness (QED) is 0.711. The number of Topliss-reactive ketones (excluding diaryl/α,β-unsaturated/α-hetero) is 1. The highest BCUT2D eigenvalue weighted by atomic mass is 16.2. The van der Waals surface area contributed by atoms with Gasteiger partial charge in [-0.05, 0) is 44.4 Å². The Hall–Kier alpha value is -1.64. The topological polar surface area (TPSA) is 37.4 Å². The van der Waals surface area contributed by atoms with Crippen LogP contribution in [-0.2, 0) is 9.59 Å². The van der Waals surface area contributed by atoms with Crippen molar-refractivity contribution in [3.05, 3.63) is 34.4 Å². The molecule has 1 aliphatic rings. The Morgan fingerprint density at radius 1 is 1.06 bits per heavy atom. The van der Waals surface area contributed by atoms with Crippen molar-refractivity contribution in [3.63, 3.8) is 0 Å². The molecule has 0 saturated carbocycles. The minimum atomic E-state index is -0.606. The van der Waals surface area contributed by atoms with Crippen molar-refractivity contribution in [2.45, 2.75) is 39.7 Å². The Morgan fingerprint density at radius 2 is 1.56 bits per heavy atom. The highest BCUT2D eigenvalue weighted by Gasteiger charge is 2.44. The van der Waals surface area contributed by atoms with Crippen LogP contribution in [0.25, 0.3) is 0 Å². The molecule has 96 valence electrons. The zero-order valence-corrected chi connectivity index (χ0v) is 11.6. The van der Waals surface area contributed by atoms with Crippen LogP contribution in [0, 0.1) is 20.8 Å². The molecule has 1 aromatic rings. The van der Waals surface area contributed by atoms with Gasteiger partial charge in [-0.25, -0.2) is 0 Å². The second-order valence-electron chi connectivity index (χ2n) is 5.27. The van der Waals surface area contributed by atoms with Gasteiger partial charge in [0.15, 0.2) is 5.78 Å². The van der Waals surface area contributed by atoms with Gasteiger partial charge in [0.25, 0.3) is 0 Å². The third-order valence-electron chi connectivity index (χ3n) is 3.90. The summed E-state index contributed by atoms with van der Waals surface area (Å²) in [6, 6.07) is 3.75. The van der Waals surface area contributed by atoms with Gasteiger partial charge in [-0.1, -0.05) is 17.7 Å². The van der Waals surface area contributed by atoms with Gasteiger partial charge in [0.1, 0.15) is 5.92 Å². The molecule has 3 heteroatoms. The Labute approximate surface area is 108 Å². The lowest BCUT2D eigenvalue weighted by molar-refractivity contribution is -0.128. The number of nitrogens with zero attached hydrogens (tertiary/aromatic N) is 1. The Morgan fingerprint density at radius 3 is 1.94 bits per heavy atom. The molecule has 1 saturated heterocycles. The van der Waals surface area contributed by atoms with Gasteiger partial charge < -0.3 is 4.90 Å². The smallest absolute Gasteiger partial charge is 0.238 e. The monoisotopic (exact) mass is 245 g/mol. The van der Waals surface area contributed by atoms with Crippen LogP contribution >= 0.6 is 0 Å². The molecule has 1 amide bonds. The van der Waals surface area contributed by atoms with Gasteiger partial charge >= 0.3 is 0 Å². The van der Waals surface area contributed by atoms with Crippen molar-refractivity contribution in [1.82, 2.24) is 4.90 Å². The third kappa shape index (κ3) is 1.74. The van der Waals surface area contributed by atoms with E-state index in [-0.39, 0.29) is 17.7 Å². The summed E-state index contributed by atoms with van der Waals surface area (Å²) in [5, 5.41) is 0. The number of benzene rings is 1. The highest BCUT2D eigenvalue weighted by Crippen LogP contribution is 2.33. The molecule has 2 atom stereocenters. The van der Waals surface area contributed by atoms with Crippen LogP contribution in [0.2, 0.25) is 0 Å². The number of rotatable bonds is 1. The van der Waals surface area contributed by atoms with Gasteiger partial charge in [0.05, 0.1) is 6.04 Å². The highest BCUT2D eigenvalue weighted by molar-refractivity contribution is 6.14. The van der Waals surface area contributed by atoms with Crippen molar-refractivity contribution in [2.75, 3.05) is 7.05 Å². The number of aryl methyl sites for hydroxylation is 3. The summed E-state index contributed by atoms with van der Waals surface area (Å²) >= 11 is 0. The van der Waals surface area contributed by atoms with Crippen molar-refractivity contribution < 1.29 is 9.59 Å². The summed E-state index contributed by atoms with van der Waals surface area (Å²) < 4.78 is 0. The molecule has 0 aromatic heterocycles. The van der Waals surface area contributed by atoms with Crippen LogP contribution in [0.15, 0.2) is 12.1 Å². The number of ketones is 1. The maximum Gasteiger partial charge on any atom is 0.238 e. The summed E-state index contributed by atoms with van der Waals surface area (Å²) in [6.07, 6.45) is 0.